The first kappa shape index (κ1) is 11.3. The quantitative estimate of drug-likeness (QED) is 0.770. The van der Waals surface area contributed by atoms with Gasteiger partial charge in [0.15, 0.2) is 0 Å². The van der Waals surface area contributed by atoms with Crippen LogP contribution >= 0.6 is 15.9 Å². The molecule has 14 heavy (non-hydrogen) atoms. The molecule has 6 heteroatoms. The van der Waals surface area contributed by atoms with Gasteiger partial charge in [-0.3, -0.25) is 0 Å². The van der Waals surface area contributed by atoms with Gasteiger partial charge in [0.1, 0.15) is 0 Å². The van der Waals surface area contributed by atoms with E-state index in [-0.39, 0.29) is 0 Å². The lowest BCUT2D eigenvalue weighted by atomic mass is 10.3. The molecular formula is C8H7BrF3NO. The van der Waals surface area contributed by atoms with Crippen molar-refractivity contribution in [2.75, 3.05) is 0 Å². The van der Waals surface area contributed by atoms with Gasteiger partial charge in [-0.1, -0.05) is 22.0 Å². The Morgan fingerprint density at radius 1 is 1.43 bits per heavy atom. The van der Waals surface area contributed by atoms with Crippen LogP contribution in [0.25, 0.3) is 0 Å². The molecule has 1 aromatic heterocycles. The van der Waals surface area contributed by atoms with Crippen molar-refractivity contribution in [3.05, 3.63) is 23.4 Å². The lowest BCUT2D eigenvalue weighted by Gasteiger charge is -2.10. The van der Waals surface area contributed by atoms with Crippen molar-refractivity contribution < 1.29 is 17.9 Å². The van der Waals surface area contributed by atoms with Crippen LogP contribution in [0.15, 0.2) is 12.1 Å². The zero-order valence-electron chi connectivity index (χ0n) is 7.23. The van der Waals surface area contributed by atoms with E-state index in [0.29, 0.717) is 16.6 Å². The molecule has 1 aromatic rings. The van der Waals surface area contributed by atoms with E-state index < -0.39 is 12.2 Å². The number of ether oxygens (including phenoxy) is 1. The number of hydrogen-bond donors (Lipinski definition) is 0. The number of aryl methyl sites for hydroxylation is 1. The molecule has 0 aliphatic carbocycles. The maximum atomic E-state index is 11.9. The van der Waals surface area contributed by atoms with Crippen LogP contribution in [0.1, 0.15) is 11.3 Å². The maximum absolute atomic E-state index is 11.9. The molecule has 0 amide bonds. The molecule has 1 rings (SSSR count). The fourth-order valence-corrected chi connectivity index (χ4v) is 1.15. The van der Waals surface area contributed by atoms with Gasteiger partial charge in [0.05, 0.1) is 5.69 Å². The largest absolute Gasteiger partial charge is 0.574 e. The third kappa shape index (κ3) is 3.17. The molecule has 0 radical (unpaired) electrons. The number of rotatable bonds is 2. The topological polar surface area (TPSA) is 22.1 Å². The monoisotopic (exact) mass is 269 g/mol. The fourth-order valence-electron chi connectivity index (χ4n) is 0.836. The van der Waals surface area contributed by atoms with Gasteiger partial charge >= 0.3 is 6.36 Å². The minimum absolute atomic E-state index is 0.354. The van der Waals surface area contributed by atoms with Crippen molar-refractivity contribution in [2.24, 2.45) is 0 Å². The van der Waals surface area contributed by atoms with Crippen LogP contribution in [0.5, 0.6) is 5.88 Å². The van der Waals surface area contributed by atoms with Crippen LogP contribution in [0.3, 0.4) is 0 Å². The van der Waals surface area contributed by atoms with E-state index >= 15 is 0 Å². The van der Waals surface area contributed by atoms with E-state index in [4.69, 9.17) is 0 Å². The first-order valence-electron chi connectivity index (χ1n) is 3.70. The molecule has 0 saturated heterocycles. The molecule has 0 atom stereocenters. The molecule has 0 bridgehead atoms. The van der Waals surface area contributed by atoms with Gasteiger partial charge in [-0.2, -0.15) is 0 Å². The normalized spacial score (nSPS) is 11.5. The molecule has 0 N–H and O–H groups in total. The zero-order valence-corrected chi connectivity index (χ0v) is 8.82. The minimum Gasteiger partial charge on any atom is -0.388 e. The Kier molecular flexibility index (Phi) is 3.36. The van der Waals surface area contributed by atoms with Gasteiger partial charge in [0.2, 0.25) is 5.88 Å². The molecule has 78 valence electrons. The Hall–Kier alpha value is -0.780. The van der Waals surface area contributed by atoms with E-state index in [1.165, 1.54) is 13.0 Å². The third-order valence-electron chi connectivity index (χ3n) is 1.46. The minimum atomic E-state index is -4.69. The van der Waals surface area contributed by atoms with Gasteiger partial charge in [-0.15, -0.1) is 13.2 Å². The molecule has 0 aliphatic heterocycles. The summed E-state index contributed by atoms with van der Waals surface area (Å²) in [5, 5.41) is 0.390. The van der Waals surface area contributed by atoms with Gasteiger partial charge < -0.3 is 4.74 Å². The molecule has 0 aromatic carbocycles. The Morgan fingerprint density at radius 2 is 2.07 bits per heavy atom. The summed E-state index contributed by atoms with van der Waals surface area (Å²) in [7, 11) is 0. The smallest absolute Gasteiger partial charge is 0.388 e. The van der Waals surface area contributed by atoms with Crippen LogP contribution in [0, 0.1) is 6.92 Å². The van der Waals surface area contributed by atoms with Crippen LogP contribution in [-0.2, 0) is 5.33 Å². The average molecular weight is 270 g/mol. The molecule has 2 nitrogen and oxygen atoms in total. The van der Waals surface area contributed by atoms with Gasteiger partial charge in [0.25, 0.3) is 0 Å². The number of alkyl halides is 4. The standard InChI is InChI=1S/C8H7BrF3NO/c1-5-2-3-6(4-9)13-7(5)14-8(10,11)12/h2-3H,4H2,1H3. The number of aromatic nitrogens is 1. The van der Waals surface area contributed by atoms with E-state index in [1.807, 2.05) is 0 Å². The van der Waals surface area contributed by atoms with E-state index in [2.05, 4.69) is 25.7 Å². The number of pyridine rings is 1. The van der Waals surface area contributed by atoms with Gasteiger partial charge in [-0.05, 0) is 13.0 Å². The Bertz CT molecular complexity index is 327. The number of hydrogen-bond acceptors (Lipinski definition) is 2. The van der Waals surface area contributed by atoms with Gasteiger partial charge in [-0.25, -0.2) is 4.98 Å². The number of halogens is 4. The molecular weight excluding hydrogens is 263 g/mol. The highest BCUT2D eigenvalue weighted by Gasteiger charge is 2.32. The zero-order chi connectivity index (χ0) is 10.8. The van der Waals surface area contributed by atoms with Crippen molar-refractivity contribution in [1.29, 1.82) is 0 Å². The molecule has 0 aliphatic rings. The summed E-state index contributed by atoms with van der Waals surface area (Å²) in [5.74, 6) is -0.394. The predicted molar refractivity (Wildman–Crippen MR) is 48.3 cm³/mol. The predicted octanol–water partition coefficient (Wildman–Crippen LogP) is 3.18. The molecule has 0 fully saturated rings. The lowest BCUT2D eigenvalue weighted by Crippen LogP contribution is -2.18. The van der Waals surface area contributed by atoms with Crippen molar-refractivity contribution in [3.63, 3.8) is 0 Å². The lowest BCUT2D eigenvalue weighted by molar-refractivity contribution is -0.276. The van der Waals surface area contributed by atoms with Crippen LogP contribution in [0.4, 0.5) is 13.2 Å². The Morgan fingerprint density at radius 3 is 2.57 bits per heavy atom. The first-order valence-corrected chi connectivity index (χ1v) is 4.83. The Labute approximate surface area is 87.2 Å². The second kappa shape index (κ2) is 4.16. The summed E-state index contributed by atoms with van der Waals surface area (Å²) in [6.45, 7) is 1.51. The summed E-state index contributed by atoms with van der Waals surface area (Å²) in [5.41, 5.74) is 0.849. The van der Waals surface area contributed by atoms with E-state index in [0.717, 1.165) is 0 Å². The highest BCUT2D eigenvalue weighted by Crippen LogP contribution is 2.24. The second-order valence-corrected chi connectivity index (χ2v) is 3.17. The molecule has 1 heterocycles. The van der Waals surface area contributed by atoms with E-state index in [1.54, 1.807) is 6.07 Å². The van der Waals surface area contributed by atoms with Crippen molar-refractivity contribution in [1.82, 2.24) is 4.98 Å². The van der Waals surface area contributed by atoms with E-state index in [9.17, 15) is 13.2 Å². The average Bonchev–Trinajstić information content (AvgIpc) is 2.06. The summed E-state index contributed by atoms with van der Waals surface area (Å²) in [6, 6.07) is 3.16. The highest BCUT2D eigenvalue weighted by molar-refractivity contribution is 9.08. The van der Waals surface area contributed by atoms with Crippen LogP contribution in [0.2, 0.25) is 0 Å². The third-order valence-corrected chi connectivity index (χ3v) is 2.03. The maximum Gasteiger partial charge on any atom is 0.574 e. The summed E-state index contributed by atoms with van der Waals surface area (Å²) in [4.78, 5) is 3.69. The molecule has 0 unspecified atom stereocenters. The molecule has 0 spiro atoms. The summed E-state index contributed by atoms with van der Waals surface area (Å²) < 4.78 is 39.4. The summed E-state index contributed by atoms with van der Waals surface area (Å²) >= 11 is 3.10. The van der Waals surface area contributed by atoms with Crippen LogP contribution < -0.4 is 4.74 Å². The van der Waals surface area contributed by atoms with Crippen molar-refractivity contribution in [2.45, 2.75) is 18.6 Å². The second-order valence-electron chi connectivity index (χ2n) is 2.61. The Balaban J connectivity index is 2.95. The first-order chi connectivity index (χ1) is 6.42. The number of nitrogens with zero attached hydrogens (tertiary/aromatic N) is 1. The fraction of sp³-hybridized carbons (Fsp3) is 0.375. The summed E-state index contributed by atoms with van der Waals surface area (Å²) in [6.07, 6.45) is -4.69. The van der Waals surface area contributed by atoms with Gasteiger partial charge in [0, 0.05) is 10.9 Å². The molecule has 0 saturated carbocycles. The SMILES string of the molecule is Cc1ccc(CBr)nc1OC(F)(F)F. The van der Waals surface area contributed by atoms with Crippen molar-refractivity contribution in [3.8, 4) is 5.88 Å². The van der Waals surface area contributed by atoms with Crippen molar-refractivity contribution >= 4 is 15.9 Å². The highest BCUT2D eigenvalue weighted by atomic mass is 79.9. The van der Waals surface area contributed by atoms with Crippen LogP contribution in [-0.4, -0.2) is 11.3 Å².